The van der Waals surface area contributed by atoms with Crippen LogP contribution in [-0.2, 0) is 0 Å². The normalized spacial score (nSPS) is 12.8. The molecule has 0 saturated carbocycles. The van der Waals surface area contributed by atoms with Crippen LogP contribution in [0.25, 0.3) is 21.9 Å². The molecule has 0 radical (unpaired) electrons. The molecule has 4 rings (SSSR count). The monoisotopic (exact) mass is 374 g/mol. The molecule has 4 aromatic heterocycles. The number of aromatic amines is 1. The second-order valence-electron chi connectivity index (χ2n) is 5.53. The average molecular weight is 374 g/mol. The molecule has 0 aromatic carbocycles. The molecule has 0 bridgehead atoms. The lowest BCUT2D eigenvalue weighted by atomic mass is 10.2. The number of thioether (sulfide) groups is 1. The molecular formula is C16H14N4O3S2. The number of thiophene rings is 1. The summed E-state index contributed by atoms with van der Waals surface area (Å²) in [6.45, 7) is 5.87. The Kier molecular flexibility index (Phi) is 3.97. The summed E-state index contributed by atoms with van der Waals surface area (Å²) in [6, 6.07) is 3.50. The molecule has 25 heavy (non-hydrogen) atoms. The minimum absolute atomic E-state index is 0.115. The molecule has 128 valence electrons. The van der Waals surface area contributed by atoms with Crippen molar-refractivity contribution < 1.29 is 8.83 Å². The number of furan rings is 1. The van der Waals surface area contributed by atoms with E-state index in [4.69, 9.17) is 8.83 Å². The van der Waals surface area contributed by atoms with Crippen LogP contribution < -0.4 is 5.56 Å². The summed E-state index contributed by atoms with van der Waals surface area (Å²) in [6.07, 6.45) is 1.55. The van der Waals surface area contributed by atoms with Gasteiger partial charge in [0.2, 0.25) is 0 Å². The van der Waals surface area contributed by atoms with Crippen molar-refractivity contribution in [2.45, 2.75) is 31.2 Å². The van der Waals surface area contributed by atoms with Gasteiger partial charge in [0, 0.05) is 4.88 Å². The molecule has 0 fully saturated rings. The van der Waals surface area contributed by atoms with Gasteiger partial charge in [0.1, 0.15) is 10.7 Å². The van der Waals surface area contributed by atoms with Gasteiger partial charge < -0.3 is 13.8 Å². The van der Waals surface area contributed by atoms with E-state index < -0.39 is 0 Å². The van der Waals surface area contributed by atoms with E-state index in [9.17, 15) is 4.79 Å². The smallest absolute Gasteiger partial charge is 0.284 e. The van der Waals surface area contributed by atoms with Crippen LogP contribution in [0, 0.1) is 13.8 Å². The predicted molar refractivity (Wildman–Crippen MR) is 96.0 cm³/mol. The third-order valence-electron chi connectivity index (χ3n) is 3.86. The first-order chi connectivity index (χ1) is 12.0. The van der Waals surface area contributed by atoms with Crippen molar-refractivity contribution in [2.24, 2.45) is 0 Å². The molecule has 1 N–H and O–H groups in total. The largest absolute Gasteiger partial charge is 0.459 e. The third kappa shape index (κ3) is 2.89. The summed E-state index contributed by atoms with van der Waals surface area (Å²) in [4.78, 5) is 21.7. The standard InChI is InChI=1S/C16H14N4O3S2/c1-7-8(2)24-15-11(7)13(21)17-12(18-15)9(3)25-16-20-19-14(23-16)10-5-4-6-22-10/h4-6,9H,1-3H3,(H,17,18,21)/t9-/m1/s1. The van der Waals surface area contributed by atoms with Crippen molar-refractivity contribution in [3.63, 3.8) is 0 Å². The lowest BCUT2D eigenvalue weighted by molar-refractivity contribution is 0.446. The number of fused-ring (bicyclic) bond motifs is 1. The van der Waals surface area contributed by atoms with E-state index in [0.717, 1.165) is 15.3 Å². The quantitative estimate of drug-likeness (QED) is 0.537. The Bertz CT molecular complexity index is 1090. The molecule has 0 aliphatic carbocycles. The fraction of sp³-hybridized carbons (Fsp3) is 0.250. The molecule has 0 saturated heterocycles. The van der Waals surface area contributed by atoms with E-state index in [0.29, 0.717) is 28.1 Å². The molecule has 0 aliphatic heterocycles. The van der Waals surface area contributed by atoms with Gasteiger partial charge in [0.05, 0.1) is 16.9 Å². The highest BCUT2D eigenvalue weighted by Crippen LogP contribution is 2.34. The summed E-state index contributed by atoms with van der Waals surface area (Å²) in [5.74, 6) is 1.42. The second-order valence-corrected chi connectivity index (χ2v) is 8.02. The van der Waals surface area contributed by atoms with Crippen LogP contribution in [0.3, 0.4) is 0 Å². The van der Waals surface area contributed by atoms with Gasteiger partial charge in [0.25, 0.3) is 16.7 Å². The molecule has 4 heterocycles. The Morgan fingerprint density at radius 1 is 1.32 bits per heavy atom. The van der Waals surface area contributed by atoms with Crippen LogP contribution >= 0.6 is 23.1 Å². The second kappa shape index (κ2) is 6.16. The van der Waals surface area contributed by atoms with Crippen molar-refractivity contribution in [3.8, 4) is 11.7 Å². The minimum Gasteiger partial charge on any atom is -0.459 e. The summed E-state index contributed by atoms with van der Waals surface area (Å²) in [7, 11) is 0. The highest BCUT2D eigenvalue weighted by atomic mass is 32.2. The molecule has 0 spiro atoms. The van der Waals surface area contributed by atoms with Gasteiger partial charge in [0.15, 0.2) is 5.76 Å². The van der Waals surface area contributed by atoms with E-state index in [2.05, 4.69) is 20.2 Å². The number of hydrogen-bond donors (Lipinski definition) is 1. The number of nitrogens with one attached hydrogen (secondary N) is 1. The Hall–Kier alpha value is -2.39. The number of H-pyrrole nitrogens is 1. The van der Waals surface area contributed by atoms with E-state index in [-0.39, 0.29) is 10.8 Å². The summed E-state index contributed by atoms with van der Waals surface area (Å²) < 4.78 is 10.8. The van der Waals surface area contributed by atoms with Gasteiger partial charge >= 0.3 is 0 Å². The molecule has 0 amide bonds. The SMILES string of the molecule is Cc1sc2nc([C@@H](C)Sc3nnc(-c4ccco4)o3)[nH]c(=O)c2c1C. The lowest BCUT2D eigenvalue weighted by Crippen LogP contribution is -2.12. The van der Waals surface area contributed by atoms with E-state index in [1.165, 1.54) is 23.1 Å². The maximum atomic E-state index is 12.4. The van der Waals surface area contributed by atoms with Gasteiger partial charge in [-0.2, -0.15) is 0 Å². The number of rotatable bonds is 4. The minimum atomic E-state index is -0.148. The van der Waals surface area contributed by atoms with Gasteiger partial charge in [-0.1, -0.05) is 11.8 Å². The highest BCUT2D eigenvalue weighted by molar-refractivity contribution is 7.99. The number of aromatic nitrogens is 4. The Labute approximate surface area is 150 Å². The number of hydrogen-bond acceptors (Lipinski definition) is 8. The fourth-order valence-electron chi connectivity index (χ4n) is 2.43. The summed E-state index contributed by atoms with van der Waals surface area (Å²) in [5, 5.41) is 8.88. The van der Waals surface area contributed by atoms with Gasteiger partial charge in [-0.05, 0) is 38.5 Å². The molecule has 0 aliphatic rings. The van der Waals surface area contributed by atoms with E-state index >= 15 is 0 Å². The first kappa shape index (κ1) is 16.1. The topological polar surface area (TPSA) is 97.8 Å². The highest BCUT2D eigenvalue weighted by Gasteiger charge is 2.19. The molecule has 9 heteroatoms. The summed E-state index contributed by atoms with van der Waals surface area (Å²) >= 11 is 2.86. The first-order valence-corrected chi connectivity index (χ1v) is 9.26. The van der Waals surface area contributed by atoms with Crippen molar-refractivity contribution in [1.29, 1.82) is 0 Å². The molecule has 1 atom stereocenters. The van der Waals surface area contributed by atoms with Crippen molar-refractivity contribution in [1.82, 2.24) is 20.2 Å². The van der Waals surface area contributed by atoms with Crippen molar-refractivity contribution in [2.75, 3.05) is 0 Å². The Morgan fingerprint density at radius 3 is 2.92 bits per heavy atom. The Balaban J connectivity index is 1.62. The van der Waals surface area contributed by atoms with E-state index in [1.54, 1.807) is 18.4 Å². The molecule has 0 unspecified atom stereocenters. The van der Waals surface area contributed by atoms with Crippen LogP contribution in [0.5, 0.6) is 0 Å². The molecular weight excluding hydrogens is 360 g/mol. The average Bonchev–Trinajstić information content (AvgIpc) is 3.29. The van der Waals surface area contributed by atoms with Crippen LogP contribution in [-0.4, -0.2) is 20.2 Å². The van der Waals surface area contributed by atoms with Gasteiger partial charge in [-0.3, -0.25) is 4.79 Å². The lowest BCUT2D eigenvalue weighted by Gasteiger charge is -2.07. The van der Waals surface area contributed by atoms with Crippen LogP contribution in [0.1, 0.15) is 28.4 Å². The maximum absolute atomic E-state index is 12.4. The zero-order valence-corrected chi connectivity index (χ0v) is 15.3. The van der Waals surface area contributed by atoms with Crippen LogP contribution in [0.4, 0.5) is 0 Å². The molecule has 7 nitrogen and oxygen atoms in total. The zero-order chi connectivity index (χ0) is 17.6. The van der Waals surface area contributed by atoms with E-state index in [1.807, 2.05) is 20.8 Å². The Morgan fingerprint density at radius 2 is 2.16 bits per heavy atom. The van der Waals surface area contributed by atoms with Crippen LogP contribution in [0.15, 0.2) is 37.2 Å². The van der Waals surface area contributed by atoms with Gasteiger partial charge in [-0.25, -0.2) is 4.98 Å². The third-order valence-corrected chi connectivity index (χ3v) is 5.90. The van der Waals surface area contributed by atoms with Crippen molar-refractivity contribution in [3.05, 3.63) is 45.0 Å². The first-order valence-electron chi connectivity index (χ1n) is 7.57. The maximum Gasteiger partial charge on any atom is 0.284 e. The van der Waals surface area contributed by atoms with Crippen LogP contribution in [0.2, 0.25) is 0 Å². The molecule has 4 aromatic rings. The van der Waals surface area contributed by atoms with Crippen molar-refractivity contribution >= 4 is 33.3 Å². The number of nitrogens with zero attached hydrogens (tertiary/aromatic N) is 3. The zero-order valence-electron chi connectivity index (χ0n) is 13.7. The fourth-order valence-corrected chi connectivity index (χ4v) is 4.21. The van der Waals surface area contributed by atoms with Gasteiger partial charge in [-0.15, -0.1) is 21.5 Å². The predicted octanol–water partition coefficient (Wildman–Crippen LogP) is 4.10. The number of aryl methyl sites for hydroxylation is 2. The summed E-state index contributed by atoms with van der Waals surface area (Å²) in [5.41, 5.74) is 0.872.